The molecule has 1 aliphatic heterocycles. The van der Waals surface area contributed by atoms with Gasteiger partial charge in [-0.2, -0.15) is 0 Å². The largest absolute Gasteiger partial charge is 0.493 e. The molecule has 3 rings (SSSR count). The first-order chi connectivity index (χ1) is 19.3. The van der Waals surface area contributed by atoms with Gasteiger partial charge in [-0.05, 0) is 49.1 Å². The van der Waals surface area contributed by atoms with Crippen molar-refractivity contribution in [2.24, 2.45) is 0 Å². The molecular weight excluding hydrogens is 516 g/mol. The topological polar surface area (TPSA) is 135 Å². The Bertz CT molecular complexity index is 1190. The van der Waals surface area contributed by atoms with Crippen molar-refractivity contribution < 1.29 is 33.4 Å². The van der Waals surface area contributed by atoms with Gasteiger partial charge in [-0.3, -0.25) is 19.2 Å². The maximum Gasteiger partial charge on any atom is 0.255 e. The van der Waals surface area contributed by atoms with Crippen molar-refractivity contribution >= 4 is 23.6 Å². The monoisotopic (exact) mass is 554 g/mol. The minimum Gasteiger partial charge on any atom is -0.493 e. The molecule has 216 valence electrons. The van der Waals surface area contributed by atoms with Gasteiger partial charge < -0.3 is 35.1 Å². The molecule has 0 aliphatic carbocycles. The third-order valence-electron chi connectivity index (χ3n) is 6.53. The lowest BCUT2D eigenvalue weighted by Crippen LogP contribution is -2.49. The van der Waals surface area contributed by atoms with E-state index in [0.29, 0.717) is 49.6 Å². The average Bonchev–Trinajstić information content (AvgIpc) is 2.96. The van der Waals surface area contributed by atoms with E-state index in [-0.39, 0.29) is 37.5 Å². The van der Waals surface area contributed by atoms with Crippen LogP contribution in [0, 0.1) is 0 Å². The van der Waals surface area contributed by atoms with E-state index in [4.69, 9.17) is 14.2 Å². The van der Waals surface area contributed by atoms with Crippen LogP contribution >= 0.6 is 0 Å². The summed E-state index contributed by atoms with van der Waals surface area (Å²) < 4.78 is 16.4. The fourth-order valence-electron chi connectivity index (χ4n) is 4.22. The smallest absolute Gasteiger partial charge is 0.255 e. The van der Waals surface area contributed by atoms with Gasteiger partial charge >= 0.3 is 0 Å². The van der Waals surface area contributed by atoms with Crippen LogP contribution in [0.25, 0.3) is 0 Å². The molecule has 0 aromatic heterocycles. The van der Waals surface area contributed by atoms with E-state index in [9.17, 15) is 19.2 Å². The highest BCUT2D eigenvalue weighted by atomic mass is 16.5. The van der Waals surface area contributed by atoms with Gasteiger partial charge in [0.05, 0.1) is 32.7 Å². The number of likely N-dealkylation sites (N-methyl/N-ethyl adjacent to an activating group) is 1. The molecule has 11 nitrogen and oxygen atoms in total. The molecular formula is C29H38N4O7. The lowest BCUT2D eigenvalue weighted by Gasteiger charge is -2.21. The van der Waals surface area contributed by atoms with E-state index in [1.807, 2.05) is 18.2 Å². The van der Waals surface area contributed by atoms with Crippen LogP contribution in [0.15, 0.2) is 42.5 Å². The number of fused-ring (bicyclic) bond motifs is 1. The van der Waals surface area contributed by atoms with Crippen LogP contribution in [0.4, 0.5) is 0 Å². The summed E-state index contributed by atoms with van der Waals surface area (Å²) in [5.41, 5.74) is 1.25. The molecule has 0 saturated carbocycles. The predicted molar refractivity (Wildman–Crippen MR) is 149 cm³/mol. The molecule has 1 heterocycles. The number of aryl methyl sites for hydroxylation is 1. The van der Waals surface area contributed by atoms with Crippen LogP contribution in [0.3, 0.4) is 0 Å². The molecule has 3 N–H and O–H groups in total. The predicted octanol–water partition coefficient (Wildman–Crippen LogP) is 1.69. The van der Waals surface area contributed by atoms with Crippen LogP contribution < -0.4 is 30.2 Å². The van der Waals surface area contributed by atoms with Gasteiger partial charge in [-0.1, -0.05) is 18.2 Å². The SMILES string of the molecule is COc1ccc(CCCNC(=O)[C@@H]2CC(=O)NCCCC(=O)N(C)CCOc3ccccc3C(=O)N2)cc1OC. The number of para-hydroxylation sites is 1. The van der Waals surface area contributed by atoms with E-state index in [1.165, 1.54) is 0 Å². The Kier molecular flexibility index (Phi) is 11.6. The van der Waals surface area contributed by atoms with Crippen molar-refractivity contribution in [1.29, 1.82) is 0 Å². The number of nitrogens with zero attached hydrogens (tertiary/aromatic N) is 1. The Morgan fingerprint density at radius 2 is 1.88 bits per heavy atom. The fourth-order valence-corrected chi connectivity index (χ4v) is 4.22. The van der Waals surface area contributed by atoms with Gasteiger partial charge in [0, 0.05) is 26.6 Å². The lowest BCUT2D eigenvalue weighted by atomic mass is 10.1. The maximum atomic E-state index is 13.2. The standard InChI is InChI=1S/C29H38N4O7/c1-33-16-17-40-23-10-5-4-9-21(23)28(36)32-22(19-26(34)30-14-7-11-27(33)35)29(37)31-15-6-8-20-12-13-24(38-2)25(18-20)39-3/h4-5,9-10,12-13,18,22H,6-8,11,14-17,19H2,1-3H3,(H,30,34)(H,31,37)(H,32,36)/t22-/m0/s1. The summed E-state index contributed by atoms with van der Waals surface area (Å²) in [5, 5.41) is 8.27. The number of benzene rings is 2. The van der Waals surface area contributed by atoms with Crippen LogP contribution in [0.1, 0.15) is 41.6 Å². The molecule has 4 amide bonds. The Balaban J connectivity index is 1.66. The molecule has 1 aliphatic rings. The summed E-state index contributed by atoms with van der Waals surface area (Å²) in [4.78, 5) is 52.8. The second-order valence-electron chi connectivity index (χ2n) is 9.43. The first-order valence-corrected chi connectivity index (χ1v) is 13.3. The number of amides is 4. The normalized spacial score (nSPS) is 17.1. The summed E-state index contributed by atoms with van der Waals surface area (Å²) in [6.07, 6.45) is 1.79. The molecule has 0 fully saturated rings. The first kappa shape index (κ1) is 30.3. The number of ether oxygens (including phenoxy) is 3. The summed E-state index contributed by atoms with van der Waals surface area (Å²) in [5.74, 6) is 0.123. The Morgan fingerprint density at radius 3 is 2.65 bits per heavy atom. The third-order valence-corrected chi connectivity index (χ3v) is 6.53. The summed E-state index contributed by atoms with van der Waals surface area (Å²) in [6, 6.07) is 11.2. The summed E-state index contributed by atoms with van der Waals surface area (Å²) in [7, 11) is 4.83. The van der Waals surface area contributed by atoms with Crippen molar-refractivity contribution in [1.82, 2.24) is 20.9 Å². The second-order valence-corrected chi connectivity index (χ2v) is 9.43. The highest BCUT2D eigenvalue weighted by Gasteiger charge is 2.26. The zero-order valence-electron chi connectivity index (χ0n) is 23.3. The van der Waals surface area contributed by atoms with Crippen molar-refractivity contribution in [3.05, 3.63) is 53.6 Å². The number of rotatable bonds is 7. The molecule has 0 unspecified atom stereocenters. The number of hydrogen-bond donors (Lipinski definition) is 3. The molecule has 1 atom stereocenters. The van der Waals surface area contributed by atoms with Gasteiger partial charge in [-0.25, -0.2) is 0 Å². The Hall–Kier alpha value is -4.28. The molecule has 2 aromatic rings. The van der Waals surface area contributed by atoms with E-state index in [0.717, 1.165) is 5.56 Å². The third kappa shape index (κ3) is 8.89. The van der Waals surface area contributed by atoms with Gasteiger partial charge in [0.2, 0.25) is 17.7 Å². The van der Waals surface area contributed by atoms with E-state index in [1.54, 1.807) is 50.4 Å². The number of nitrogens with one attached hydrogen (secondary N) is 3. The average molecular weight is 555 g/mol. The molecule has 40 heavy (non-hydrogen) atoms. The molecule has 0 radical (unpaired) electrons. The molecule has 0 bridgehead atoms. The van der Waals surface area contributed by atoms with Crippen LogP contribution in [-0.4, -0.2) is 82.1 Å². The minimum absolute atomic E-state index is 0.0682. The number of carbonyl (C=O) groups is 4. The zero-order chi connectivity index (χ0) is 28.9. The highest BCUT2D eigenvalue weighted by Crippen LogP contribution is 2.28. The fraction of sp³-hybridized carbons (Fsp3) is 0.448. The van der Waals surface area contributed by atoms with Crippen molar-refractivity contribution in [2.75, 3.05) is 47.5 Å². The second kappa shape index (κ2) is 15.3. The number of hydrogen-bond acceptors (Lipinski definition) is 7. The molecule has 0 saturated heterocycles. The van der Waals surface area contributed by atoms with Gasteiger partial charge in [0.25, 0.3) is 5.91 Å². The maximum absolute atomic E-state index is 13.2. The van der Waals surface area contributed by atoms with Crippen LogP contribution in [-0.2, 0) is 20.8 Å². The zero-order valence-corrected chi connectivity index (χ0v) is 23.3. The lowest BCUT2D eigenvalue weighted by molar-refractivity contribution is -0.130. The van der Waals surface area contributed by atoms with Gasteiger partial charge in [0.15, 0.2) is 11.5 Å². The van der Waals surface area contributed by atoms with Crippen LogP contribution in [0.5, 0.6) is 17.2 Å². The Labute approximate surface area is 234 Å². The van der Waals surface area contributed by atoms with E-state index >= 15 is 0 Å². The minimum atomic E-state index is -1.10. The molecule has 0 spiro atoms. The summed E-state index contributed by atoms with van der Waals surface area (Å²) >= 11 is 0. The molecule has 2 aromatic carbocycles. The van der Waals surface area contributed by atoms with E-state index < -0.39 is 23.8 Å². The van der Waals surface area contributed by atoms with Crippen molar-refractivity contribution in [3.8, 4) is 17.2 Å². The molecule has 11 heteroatoms. The van der Waals surface area contributed by atoms with Gasteiger partial charge in [-0.15, -0.1) is 0 Å². The first-order valence-electron chi connectivity index (χ1n) is 13.3. The number of carbonyl (C=O) groups excluding carboxylic acids is 4. The van der Waals surface area contributed by atoms with Crippen molar-refractivity contribution in [3.63, 3.8) is 0 Å². The summed E-state index contributed by atoms with van der Waals surface area (Å²) in [6.45, 7) is 1.17. The van der Waals surface area contributed by atoms with Gasteiger partial charge in [0.1, 0.15) is 18.4 Å². The highest BCUT2D eigenvalue weighted by molar-refractivity contribution is 6.00. The van der Waals surface area contributed by atoms with Crippen LogP contribution in [0.2, 0.25) is 0 Å². The van der Waals surface area contributed by atoms with Crippen molar-refractivity contribution in [2.45, 2.75) is 38.1 Å². The number of methoxy groups -OCH3 is 2. The Morgan fingerprint density at radius 1 is 1.10 bits per heavy atom. The van der Waals surface area contributed by atoms with E-state index in [2.05, 4.69) is 16.0 Å². The quantitative estimate of drug-likeness (QED) is 0.443.